The average Bonchev–Trinajstić information content (AvgIpc) is 3.04. The van der Waals surface area contributed by atoms with Crippen LogP contribution in [0.5, 0.6) is 17.2 Å². The molecule has 8 heteroatoms. The Kier molecular flexibility index (Phi) is 16.1. The zero-order valence-electron chi connectivity index (χ0n) is 27.2. The number of nitrogens with two attached hydrogens (primary N) is 2. The van der Waals surface area contributed by atoms with E-state index in [-0.39, 0.29) is 5.56 Å². The van der Waals surface area contributed by atoms with Crippen molar-refractivity contribution in [1.29, 1.82) is 0 Å². The van der Waals surface area contributed by atoms with Gasteiger partial charge in [0.2, 0.25) is 0 Å². The minimum absolute atomic E-state index is 0.215. The number of nitrogen functional groups attached to an aromatic ring is 2. The van der Waals surface area contributed by atoms with E-state index in [0.29, 0.717) is 42.3 Å². The van der Waals surface area contributed by atoms with Crippen molar-refractivity contribution in [2.75, 3.05) is 24.7 Å². The summed E-state index contributed by atoms with van der Waals surface area (Å²) in [7, 11) is 0. The fourth-order valence-electron chi connectivity index (χ4n) is 5.15. The molecule has 0 radical (unpaired) electrons. The fraction of sp³-hybridized carbons (Fsp3) is 0.421. The summed E-state index contributed by atoms with van der Waals surface area (Å²) in [5.41, 5.74) is 14.4. The number of carboxylic acids is 1. The Hall–Kier alpha value is -4.46. The van der Waals surface area contributed by atoms with E-state index < -0.39 is 11.9 Å². The smallest absolute Gasteiger partial charge is 0.336 e. The zero-order valence-corrected chi connectivity index (χ0v) is 27.2. The lowest BCUT2D eigenvalue weighted by atomic mass is 9.98. The van der Waals surface area contributed by atoms with Crippen LogP contribution in [0.25, 0.3) is 6.08 Å². The Bertz CT molecular complexity index is 1370. The van der Waals surface area contributed by atoms with Crippen molar-refractivity contribution in [3.63, 3.8) is 0 Å². The third kappa shape index (κ3) is 13.7. The van der Waals surface area contributed by atoms with Gasteiger partial charge in [-0.3, -0.25) is 0 Å². The molecule has 46 heavy (non-hydrogen) atoms. The monoisotopic (exact) mass is 630 g/mol. The number of aromatic carboxylic acids is 1. The minimum atomic E-state index is -0.983. The highest BCUT2D eigenvalue weighted by molar-refractivity contribution is 5.92. The molecule has 0 spiro atoms. The number of hydrogen-bond donors (Lipinski definition) is 3. The van der Waals surface area contributed by atoms with Crippen molar-refractivity contribution < 1.29 is 28.9 Å². The van der Waals surface area contributed by atoms with Crippen LogP contribution in [0, 0.1) is 0 Å². The number of rotatable bonds is 22. The summed E-state index contributed by atoms with van der Waals surface area (Å²) < 4.78 is 17.0. The second-order valence-electron chi connectivity index (χ2n) is 11.6. The number of carbonyl (C=O) groups excluding carboxylic acids is 1. The Morgan fingerprint density at radius 1 is 0.696 bits per heavy atom. The van der Waals surface area contributed by atoms with Gasteiger partial charge in [0.05, 0.1) is 18.8 Å². The molecule has 8 nitrogen and oxygen atoms in total. The summed E-state index contributed by atoms with van der Waals surface area (Å²) in [6.45, 7) is 3.52. The molecule has 0 atom stereocenters. The van der Waals surface area contributed by atoms with E-state index in [0.717, 1.165) is 68.4 Å². The van der Waals surface area contributed by atoms with Crippen LogP contribution in [-0.2, 0) is 11.2 Å². The van der Waals surface area contributed by atoms with Crippen LogP contribution in [0.4, 0.5) is 11.4 Å². The van der Waals surface area contributed by atoms with Gasteiger partial charge in [0.15, 0.2) is 0 Å². The highest BCUT2D eigenvalue weighted by Crippen LogP contribution is 2.24. The number of hydrogen-bond acceptors (Lipinski definition) is 7. The molecular weight excluding hydrogens is 580 g/mol. The molecule has 0 aliphatic heterocycles. The first-order valence-corrected chi connectivity index (χ1v) is 16.6. The van der Waals surface area contributed by atoms with Crippen LogP contribution in [-0.4, -0.2) is 30.3 Å². The van der Waals surface area contributed by atoms with Gasteiger partial charge in [-0.1, -0.05) is 76.8 Å². The summed E-state index contributed by atoms with van der Waals surface area (Å²) in [5.74, 6) is 0.641. The molecule has 0 aliphatic rings. The molecule has 0 bridgehead atoms. The van der Waals surface area contributed by atoms with Gasteiger partial charge in [0.1, 0.15) is 17.2 Å². The van der Waals surface area contributed by atoms with Gasteiger partial charge in [0, 0.05) is 17.5 Å². The van der Waals surface area contributed by atoms with Gasteiger partial charge in [-0.05, 0) is 91.4 Å². The molecule has 0 heterocycles. The number of anilines is 2. The molecule has 5 N–H and O–H groups in total. The van der Waals surface area contributed by atoms with E-state index in [1.54, 1.807) is 24.3 Å². The minimum Gasteiger partial charge on any atom is -0.494 e. The number of benzene rings is 3. The summed E-state index contributed by atoms with van der Waals surface area (Å²) in [5, 5.41) is 9.42. The molecule has 0 aromatic heterocycles. The lowest BCUT2D eigenvalue weighted by Gasteiger charge is -2.11. The summed E-state index contributed by atoms with van der Waals surface area (Å²) >= 11 is 0. The second-order valence-corrected chi connectivity index (χ2v) is 11.6. The van der Waals surface area contributed by atoms with E-state index in [1.165, 1.54) is 37.8 Å². The quantitative estimate of drug-likeness (QED) is 0.0329. The lowest BCUT2D eigenvalue weighted by molar-refractivity contribution is -0.128. The largest absolute Gasteiger partial charge is 0.494 e. The van der Waals surface area contributed by atoms with E-state index >= 15 is 0 Å². The Morgan fingerprint density at radius 3 is 1.80 bits per heavy atom. The molecule has 0 saturated carbocycles. The lowest BCUT2D eigenvalue weighted by Crippen LogP contribution is -2.07. The summed E-state index contributed by atoms with van der Waals surface area (Å²) in [4.78, 5) is 23.7. The molecule has 0 aliphatic carbocycles. The van der Waals surface area contributed by atoms with Gasteiger partial charge < -0.3 is 30.8 Å². The van der Waals surface area contributed by atoms with Crippen molar-refractivity contribution in [2.24, 2.45) is 0 Å². The first-order chi connectivity index (χ1) is 22.4. The van der Waals surface area contributed by atoms with Crippen LogP contribution >= 0.6 is 0 Å². The highest BCUT2D eigenvalue weighted by atomic mass is 16.5. The average molecular weight is 631 g/mol. The van der Waals surface area contributed by atoms with E-state index in [2.05, 4.69) is 6.92 Å². The zero-order chi connectivity index (χ0) is 33.0. The Labute approximate surface area is 273 Å². The van der Waals surface area contributed by atoms with E-state index in [9.17, 15) is 14.7 Å². The van der Waals surface area contributed by atoms with Crippen molar-refractivity contribution in [3.8, 4) is 17.2 Å². The molecule has 3 aromatic carbocycles. The predicted octanol–water partition coefficient (Wildman–Crippen LogP) is 8.87. The highest BCUT2D eigenvalue weighted by Gasteiger charge is 2.14. The third-order valence-corrected chi connectivity index (χ3v) is 7.73. The van der Waals surface area contributed by atoms with Crippen molar-refractivity contribution in [2.45, 2.75) is 90.4 Å². The molecule has 248 valence electrons. The van der Waals surface area contributed by atoms with Gasteiger partial charge in [-0.25, -0.2) is 9.59 Å². The Balaban J connectivity index is 1.20. The van der Waals surface area contributed by atoms with Crippen LogP contribution in [0.15, 0.2) is 66.7 Å². The number of unbranched alkanes of at least 4 members (excludes halogenated alkanes) is 10. The summed E-state index contributed by atoms with van der Waals surface area (Å²) in [6.07, 6.45) is 17.2. The molecular formula is C38H50N2O6. The molecule has 3 rings (SSSR count). The van der Waals surface area contributed by atoms with E-state index in [4.69, 9.17) is 25.7 Å². The topological polar surface area (TPSA) is 134 Å². The predicted molar refractivity (Wildman–Crippen MR) is 186 cm³/mol. The SMILES string of the molecule is CCCCCOc1ccc(OC(=O)/C=C/c2ccc(OCCCCCCCCCCCc3c(N)cc(N)cc3C(=O)O)cc2)cc1. The van der Waals surface area contributed by atoms with Crippen LogP contribution < -0.4 is 25.7 Å². The number of esters is 1. The van der Waals surface area contributed by atoms with Gasteiger partial charge in [0.25, 0.3) is 0 Å². The van der Waals surface area contributed by atoms with Crippen molar-refractivity contribution >= 4 is 29.4 Å². The van der Waals surface area contributed by atoms with Crippen molar-refractivity contribution in [3.05, 3.63) is 83.4 Å². The number of carboxylic acid groups (broad SMARTS) is 1. The van der Waals surface area contributed by atoms with Gasteiger partial charge in [-0.15, -0.1) is 0 Å². The molecule has 0 amide bonds. The van der Waals surface area contributed by atoms with Gasteiger partial charge >= 0.3 is 11.9 Å². The van der Waals surface area contributed by atoms with Crippen LogP contribution in [0.2, 0.25) is 0 Å². The second kappa shape index (κ2) is 20.5. The summed E-state index contributed by atoms with van der Waals surface area (Å²) in [6, 6.07) is 17.9. The molecule has 0 unspecified atom stereocenters. The fourth-order valence-corrected chi connectivity index (χ4v) is 5.15. The van der Waals surface area contributed by atoms with Crippen LogP contribution in [0.3, 0.4) is 0 Å². The maximum atomic E-state index is 12.2. The normalized spacial score (nSPS) is 11.1. The number of ether oxygens (including phenoxy) is 3. The molecule has 0 saturated heterocycles. The first kappa shape index (κ1) is 36.0. The van der Waals surface area contributed by atoms with Crippen molar-refractivity contribution in [1.82, 2.24) is 0 Å². The van der Waals surface area contributed by atoms with Gasteiger partial charge in [-0.2, -0.15) is 0 Å². The maximum Gasteiger partial charge on any atom is 0.336 e. The standard InChI is InChI=1S/C38H50N2O6/c1-2-3-12-25-44-32-20-22-33(23-21-32)46-37(41)24-17-29-15-18-31(19-16-29)45-26-13-10-8-6-4-5-7-9-11-14-34-35(38(42)43)27-30(39)28-36(34)40/h15-24,27-28H,2-14,25-26,39-40H2,1H3,(H,42,43)/b24-17+. The first-order valence-electron chi connectivity index (χ1n) is 16.6. The van der Waals surface area contributed by atoms with E-state index in [1.807, 2.05) is 36.4 Å². The maximum absolute atomic E-state index is 12.2. The molecule has 0 fully saturated rings. The Morgan fingerprint density at radius 2 is 1.22 bits per heavy atom. The third-order valence-electron chi connectivity index (χ3n) is 7.73. The number of carbonyl (C=O) groups is 2. The molecule has 3 aromatic rings. The van der Waals surface area contributed by atoms with Crippen LogP contribution in [0.1, 0.15) is 105 Å².